The molecule has 1 amide bonds. The highest BCUT2D eigenvalue weighted by Crippen LogP contribution is 2.35. The molecular formula is C24H24N2O6S. The highest BCUT2D eigenvalue weighted by molar-refractivity contribution is 7.92. The van der Waals surface area contributed by atoms with E-state index in [1.165, 1.54) is 36.4 Å². The lowest BCUT2D eigenvalue weighted by molar-refractivity contribution is 0.102. The number of benzene rings is 3. The van der Waals surface area contributed by atoms with Gasteiger partial charge in [0.1, 0.15) is 5.75 Å². The first kappa shape index (κ1) is 22.5. The third kappa shape index (κ3) is 4.88. The second-order valence-corrected chi connectivity index (χ2v) is 10.3. The van der Waals surface area contributed by atoms with E-state index in [9.17, 15) is 18.3 Å². The number of nitrogens with one attached hydrogen (secondary N) is 2. The topological polar surface area (TPSA) is 114 Å². The van der Waals surface area contributed by atoms with Gasteiger partial charge in [0.05, 0.1) is 16.3 Å². The van der Waals surface area contributed by atoms with Gasteiger partial charge in [0.2, 0.25) is 6.79 Å². The molecule has 3 aromatic carbocycles. The molecule has 0 saturated carbocycles. The van der Waals surface area contributed by atoms with Crippen molar-refractivity contribution in [2.75, 3.05) is 16.8 Å². The van der Waals surface area contributed by atoms with Crippen molar-refractivity contribution < 1.29 is 27.8 Å². The Morgan fingerprint density at radius 2 is 1.73 bits per heavy atom. The molecule has 9 heteroatoms. The van der Waals surface area contributed by atoms with E-state index < -0.39 is 15.9 Å². The number of anilines is 2. The predicted octanol–water partition coefficient (Wildman–Crippen LogP) is 4.47. The molecule has 0 saturated heterocycles. The molecule has 1 aliphatic heterocycles. The van der Waals surface area contributed by atoms with Gasteiger partial charge >= 0.3 is 0 Å². The van der Waals surface area contributed by atoms with Crippen LogP contribution in [-0.4, -0.2) is 26.2 Å². The lowest BCUT2D eigenvalue weighted by Crippen LogP contribution is -2.17. The van der Waals surface area contributed by atoms with Gasteiger partial charge in [-0.3, -0.25) is 9.52 Å². The summed E-state index contributed by atoms with van der Waals surface area (Å²) in [5, 5.41) is 12.8. The molecule has 4 rings (SSSR count). The number of carbonyl (C=O) groups is 1. The standard InChI is InChI=1S/C24H24N2O6S/c1-24(2,3)16-7-9-20(27)19(12-16)25-23(28)15-5-4-6-18(11-15)33(29,30)26-17-8-10-21-22(13-17)32-14-31-21/h4-13,26-27H,14H2,1-3H3,(H,25,28). The minimum Gasteiger partial charge on any atom is -0.506 e. The third-order valence-electron chi connectivity index (χ3n) is 5.14. The van der Waals surface area contributed by atoms with Crippen LogP contribution in [0, 0.1) is 0 Å². The van der Waals surface area contributed by atoms with Crippen LogP contribution in [0.25, 0.3) is 0 Å². The highest BCUT2D eigenvalue weighted by atomic mass is 32.2. The van der Waals surface area contributed by atoms with E-state index in [1.807, 2.05) is 20.8 Å². The molecule has 0 unspecified atom stereocenters. The van der Waals surface area contributed by atoms with Gasteiger partial charge in [-0.15, -0.1) is 0 Å². The quantitative estimate of drug-likeness (QED) is 0.476. The normalized spacial score (nSPS) is 12.9. The molecule has 1 heterocycles. The first-order valence-corrected chi connectivity index (χ1v) is 11.7. The average molecular weight is 469 g/mol. The van der Waals surface area contributed by atoms with Crippen molar-refractivity contribution in [2.24, 2.45) is 0 Å². The molecule has 0 radical (unpaired) electrons. The van der Waals surface area contributed by atoms with Gasteiger partial charge in [-0.1, -0.05) is 32.9 Å². The fraction of sp³-hybridized carbons (Fsp3) is 0.208. The van der Waals surface area contributed by atoms with Crippen molar-refractivity contribution in [1.29, 1.82) is 0 Å². The van der Waals surface area contributed by atoms with E-state index in [1.54, 1.807) is 24.3 Å². The van der Waals surface area contributed by atoms with Gasteiger partial charge in [-0.05, 0) is 53.4 Å². The van der Waals surface area contributed by atoms with Gasteiger partial charge in [-0.2, -0.15) is 0 Å². The van der Waals surface area contributed by atoms with E-state index in [2.05, 4.69) is 10.0 Å². The summed E-state index contributed by atoms with van der Waals surface area (Å²) >= 11 is 0. The summed E-state index contributed by atoms with van der Waals surface area (Å²) in [6.45, 7) is 6.14. The largest absolute Gasteiger partial charge is 0.506 e. The number of hydrogen-bond acceptors (Lipinski definition) is 6. The summed E-state index contributed by atoms with van der Waals surface area (Å²) in [6, 6.07) is 15.4. The Labute approximate surface area is 192 Å². The molecule has 0 fully saturated rings. The lowest BCUT2D eigenvalue weighted by atomic mass is 9.87. The summed E-state index contributed by atoms with van der Waals surface area (Å²) < 4.78 is 38.8. The van der Waals surface area contributed by atoms with Crippen LogP contribution < -0.4 is 19.5 Å². The molecule has 172 valence electrons. The molecule has 8 nitrogen and oxygen atoms in total. The summed E-state index contributed by atoms with van der Waals surface area (Å²) in [4.78, 5) is 12.7. The number of rotatable bonds is 5. The lowest BCUT2D eigenvalue weighted by Gasteiger charge is -2.20. The van der Waals surface area contributed by atoms with Gasteiger partial charge < -0.3 is 19.9 Å². The zero-order chi connectivity index (χ0) is 23.8. The van der Waals surface area contributed by atoms with Crippen molar-refractivity contribution in [1.82, 2.24) is 0 Å². The number of carbonyl (C=O) groups excluding carboxylic acids is 1. The van der Waals surface area contributed by atoms with E-state index in [0.717, 1.165) is 5.56 Å². The van der Waals surface area contributed by atoms with E-state index in [4.69, 9.17) is 9.47 Å². The second-order valence-electron chi connectivity index (χ2n) is 8.64. The summed E-state index contributed by atoms with van der Waals surface area (Å²) in [7, 11) is -3.97. The van der Waals surface area contributed by atoms with E-state index in [-0.39, 0.29) is 34.1 Å². The summed E-state index contributed by atoms with van der Waals surface area (Å²) in [6.07, 6.45) is 0. The number of ether oxygens (including phenoxy) is 2. The number of hydrogen-bond donors (Lipinski definition) is 3. The minimum absolute atomic E-state index is 0.0791. The minimum atomic E-state index is -3.97. The van der Waals surface area contributed by atoms with E-state index >= 15 is 0 Å². The smallest absolute Gasteiger partial charge is 0.261 e. The Kier molecular flexibility index (Phi) is 5.67. The van der Waals surface area contributed by atoms with E-state index in [0.29, 0.717) is 17.2 Å². The fourth-order valence-corrected chi connectivity index (χ4v) is 4.37. The monoisotopic (exact) mass is 468 g/mol. The molecule has 33 heavy (non-hydrogen) atoms. The molecular weight excluding hydrogens is 444 g/mol. The van der Waals surface area contributed by atoms with Crippen molar-refractivity contribution in [2.45, 2.75) is 31.1 Å². The molecule has 0 aliphatic carbocycles. The van der Waals surface area contributed by atoms with Crippen molar-refractivity contribution in [3.8, 4) is 17.2 Å². The number of amides is 1. The van der Waals surface area contributed by atoms with Crippen molar-refractivity contribution >= 4 is 27.3 Å². The highest BCUT2D eigenvalue weighted by Gasteiger charge is 2.21. The number of phenolic OH excluding ortho intramolecular Hbond substituents is 1. The Balaban J connectivity index is 1.55. The summed E-state index contributed by atoms with van der Waals surface area (Å²) in [5.74, 6) is 0.358. The maximum atomic E-state index is 12.9. The van der Waals surface area contributed by atoms with Crippen LogP contribution in [0.1, 0.15) is 36.7 Å². The maximum Gasteiger partial charge on any atom is 0.261 e. The predicted molar refractivity (Wildman–Crippen MR) is 125 cm³/mol. The molecule has 0 atom stereocenters. The number of sulfonamides is 1. The van der Waals surface area contributed by atoms with Crippen LogP contribution in [0.2, 0.25) is 0 Å². The first-order valence-electron chi connectivity index (χ1n) is 10.2. The SMILES string of the molecule is CC(C)(C)c1ccc(O)c(NC(=O)c2cccc(S(=O)(=O)Nc3ccc4c(c3)OCO4)c2)c1. The second kappa shape index (κ2) is 8.32. The fourth-order valence-electron chi connectivity index (χ4n) is 3.28. The molecule has 3 N–H and O–H groups in total. The Hall–Kier alpha value is -3.72. The molecule has 3 aromatic rings. The van der Waals surface area contributed by atoms with Gasteiger partial charge in [0.25, 0.3) is 15.9 Å². The van der Waals surface area contributed by atoms with Crippen LogP contribution in [0.5, 0.6) is 17.2 Å². The first-order chi connectivity index (χ1) is 15.5. The zero-order valence-corrected chi connectivity index (χ0v) is 19.2. The van der Waals surface area contributed by atoms with Crippen LogP contribution >= 0.6 is 0 Å². The van der Waals surface area contributed by atoms with Gasteiger partial charge in [0, 0.05) is 11.6 Å². The van der Waals surface area contributed by atoms with Crippen LogP contribution in [0.4, 0.5) is 11.4 Å². The molecule has 0 spiro atoms. The summed E-state index contributed by atoms with van der Waals surface area (Å²) in [5.41, 5.74) is 1.43. The number of fused-ring (bicyclic) bond motifs is 1. The average Bonchev–Trinajstić information content (AvgIpc) is 3.22. The maximum absolute atomic E-state index is 12.9. The Bertz CT molecular complexity index is 1330. The molecule has 0 aromatic heterocycles. The van der Waals surface area contributed by atoms with Crippen molar-refractivity contribution in [3.05, 3.63) is 71.8 Å². The van der Waals surface area contributed by atoms with Gasteiger partial charge in [-0.25, -0.2) is 8.42 Å². The molecule has 1 aliphatic rings. The Morgan fingerprint density at radius 3 is 2.48 bits per heavy atom. The Morgan fingerprint density at radius 1 is 0.970 bits per heavy atom. The number of phenols is 1. The number of aromatic hydroxyl groups is 1. The zero-order valence-electron chi connectivity index (χ0n) is 18.4. The van der Waals surface area contributed by atoms with Gasteiger partial charge in [0.15, 0.2) is 11.5 Å². The van der Waals surface area contributed by atoms with Crippen LogP contribution in [0.3, 0.4) is 0 Å². The van der Waals surface area contributed by atoms with Crippen LogP contribution in [-0.2, 0) is 15.4 Å². The van der Waals surface area contributed by atoms with Crippen LogP contribution in [0.15, 0.2) is 65.6 Å². The van der Waals surface area contributed by atoms with Crippen molar-refractivity contribution in [3.63, 3.8) is 0 Å². The molecule has 0 bridgehead atoms. The third-order valence-corrected chi connectivity index (χ3v) is 6.52.